The van der Waals surface area contributed by atoms with Crippen molar-refractivity contribution in [3.63, 3.8) is 0 Å². The van der Waals surface area contributed by atoms with E-state index in [4.69, 9.17) is 5.73 Å². The van der Waals surface area contributed by atoms with Crippen molar-refractivity contribution < 1.29 is 13.2 Å². The van der Waals surface area contributed by atoms with Gasteiger partial charge in [0.1, 0.15) is 10.7 Å². The first-order chi connectivity index (χ1) is 12.9. The Labute approximate surface area is 163 Å². The van der Waals surface area contributed by atoms with Gasteiger partial charge in [-0.2, -0.15) is 0 Å². The number of rotatable bonds is 6. The number of hydrogen-bond donors (Lipinski definition) is 2. The topological polar surface area (TPSA) is 105 Å². The molecule has 1 aliphatic rings. The van der Waals surface area contributed by atoms with Crippen LogP contribution in [0.2, 0.25) is 0 Å². The van der Waals surface area contributed by atoms with Crippen molar-refractivity contribution in [3.8, 4) is 0 Å². The van der Waals surface area contributed by atoms with Gasteiger partial charge in [-0.3, -0.25) is 4.79 Å². The molecule has 1 amide bonds. The third-order valence-corrected chi connectivity index (χ3v) is 7.35. The van der Waals surface area contributed by atoms with E-state index in [-0.39, 0.29) is 17.7 Å². The molecule has 9 heteroatoms. The van der Waals surface area contributed by atoms with E-state index in [1.165, 1.54) is 11.3 Å². The number of thiazole rings is 1. The molecular formula is C18H24N4O3S2. The molecule has 2 heterocycles. The number of carbonyl (C=O) groups excluding carboxylic acids is 1. The summed E-state index contributed by atoms with van der Waals surface area (Å²) in [7, 11) is -3.17. The summed E-state index contributed by atoms with van der Waals surface area (Å²) >= 11 is 1.39. The standard InChI is InChI=1S/C18H24N4O3S2/c1-2-27(24,25)15-5-3-14(4-6-15)22-9-7-13(8-10-22)20-18(23)16-12-26-17(11-19)21-16/h3-6,12-13H,2,7-11,19H2,1H3,(H,20,23). The van der Waals surface area contributed by atoms with Crippen LogP contribution in [0.3, 0.4) is 0 Å². The second-order valence-electron chi connectivity index (χ2n) is 6.46. The molecule has 27 heavy (non-hydrogen) atoms. The largest absolute Gasteiger partial charge is 0.371 e. The molecule has 1 aromatic carbocycles. The predicted molar refractivity (Wildman–Crippen MR) is 107 cm³/mol. The van der Waals surface area contributed by atoms with Crippen LogP contribution in [0.5, 0.6) is 0 Å². The van der Waals surface area contributed by atoms with Gasteiger partial charge < -0.3 is 16.0 Å². The zero-order chi connectivity index (χ0) is 19.4. The number of nitrogens with one attached hydrogen (secondary N) is 1. The smallest absolute Gasteiger partial charge is 0.270 e. The Morgan fingerprint density at radius 1 is 1.30 bits per heavy atom. The fraction of sp³-hybridized carbons (Fsp3) is 0.444. The van der Waals surface area contributed by atoms with Gasteiger partial charge >= 0.3 is 0 Å². The Morgan fingerprint density at radius 3 is 2.52 bits per heavy atom. The van der Waals surface area contributed by atoms with Gasteiger partial charge in [-0.1, -0.05) is 6.92 Å². The summed E-state index contributed by atoms with van der Waals surface area (Å²) in [6.45, 7) is 3.59. The molecular weight excluding hydrogens is 384 g/mol. The number of nitrogens with two attached hydrogens (primary N) is 1. The van der Waals surface area contributed by atoms with Gasteiger partial charge in [-0.25, -0.2) is 13.4 Å². The van der Waals surface area contributed by atoms with Crippen molar-refractivity contribution in [1.29, 1.82) is 0 Å². The van der Waals surface area contributed by atoms with Gasteiger partial charge in [0.15, 0.2) is 9.84 Å². The van der Waals surface area contributed by atoms with E-state index < -0.39 is 9.84 Å². The van der Waals surface area contributed by atoms with Gasteiger partial charge in [0.05, 0.1) is 10.6 Å². The quantitative estimate of drug-likeness (QED) is 0.755. The predicted octanol–water partition coefficient (Wildman–Crippen LogP) is 1.79. The van der Waals surface area contributed by atoms with Crippen LogP contribution in [0.4, 0.5) is 5.69 Å². The number of piperidine rings is 1. The molecule has 0 spiro atoms. The molecule has 0 saturated carbocycles. The van der Waals surface area contributed by atoms with Crippen molar-refractivity contribution in [1.82, 2.24) is 10.3 Å². The molecule has 1 aromatic heterocycles. The highest BCUT2D eigenvalue weighted by molar-refractivity contribution is 7.91. The third kappa shape index (κ3) is 4.66. The number of nitrogens with zero attached hydrogens (tertiary/aromatic N) is 2. The number of sulfone groups is 1. The minimum absolute atomic E-state index is 0.100. The lowest BCUT2D eigenvalue weighted by atomic mass is 10.0. The van der Waals surface area contributed by atoms with E-state index in [1.807, 2.05) is 12.1 Å². The summed E-state index contributed by atoms with van der Waals surface area (Å²) in [5.74, 6) is -0.0537. The van der Waals surface area contributed by atoms with E-state index in [9.17, 15) is 13.2 Å². The average Bonchev–Trinajstić information content (AvgIpc) is 3.18. The molecule has 3 N–H and O–H groups in total. The highest BCUT2D eigenvalue weighted by atomic mass is 32.2. The maximum Gasteiger partial charge on any atom is 0.270 e. The van der Waals surface area contributed by atoms with Gasteiger partial charge in [0, 0.05) is 36.7 Å². The normalized spacial score (nSPS) is 15.7. The van der Waals surface area contributed by atoms with Crippen LogP contribution < -0.4 is 16.0 Å². The second kappa shape index (κ2) is 8.37. The number of benzene rings is 1. The lowest BCUT2D eigenvalue weighted by molar-refractivity contribution is 0.0926. The summed E-state index contributed by atoms with van der Waals surface area (Å²) in [4.78, 5) is 19.1. The Hall–Kier alpha value is -1.97. The Balaban J connectivity index is 1.55. The molecule has 0 bridgehead atoms. The Kier molecular flexibility index (Phi) is 6.13. The van der Waals surface area contributed by atoms with Crippen LogP contribution in [0.25, 0.3) is 0 Å². The first-order valence-corrected chi connectivity index (χ1v) is 11.5. The molecule has 0 unspecified atom stereocenters. The first-order valence-electron chi connectivity index (χ1n) is 8.96. The fourth-order valence-electron chi connectivity index (χ4n) is 3.08. The van der Waals surface area contributed by atoms with E-state index in [2.05, 4.69) is 15.2 Å². The fourth-order valence-corrected chi connectivity index (χ4v) is 4.62. The van der Waals surface area contributed by atoms with Crippen LogP contribution in [0.15, 0.2) is 34.5 Å². The monoisotopic (exact) mass is 408 g/mol. The number of amides is 1. The molecule has 0 radical (unpaired) electrons. The molecule has 0 atom stereocenters. The summed E-state index contributed by atoms with van der Waals surface area (Å²) < 4.78 is 23.8. The van der Waals surface area contributed by atoms with Crippen LogP contribution >= 0.6 is 11.3 Å². The zero-order valence-corrected chi connectivity index (χ0v) is 16.9. The molecule has 1 fully saturated rings. The van der Waals surface area contributed by atoms with Crippen molar-refractivity contribution in [2.45, 2.75) is 37.2 Å². The third-order valence-electron chi connectivity index (χ3n) is 4.73. The SMILES string of the molecule is CCS(=O)(=O)c1ccc(N2CCC(NC(=O)c3csc(CN)n3)CC2)cc1. The molecule has 1 aliphatic heterocycles. The number of carbonyl (C=O) groups is 1. The lowest BCUT2D eigenvalue weighted by Crippen LogP contribution is -2.44. The molecule has 0 aliphatic carbocycles. The summed E-state index contributed by atoms with van der Waals surface area (Å²) in [6.07, 6.45) is 1.66. The minimum Gasteiger partial charge on any atom is -0.371 e. The van der Waals surface area contributed by atoms with Crippen LogP contribution in [0.1, 0.15) is 35.3 Å². The maximum atomic E-state index is 12.3. The van der Waals surface area contributed by atoms with Crippen molar-refractivity contribution >= 4 is 32.8 Å². The summed E-state index contributed by atoms with van der Waals surface area (Å²) in [5.41, 5.74) is 6.96. The van der Waals surface area contributed by atoms with Crippen LogP contribution in [-0.2, 0) is 16.4 Å². The van der Waals surface area contributed by atoms with Gasteiger partial charge in [-0.15, -0.1) is 11.3 Å². The van der Waals surface area contributed by atoms with Crippen molar-refractivity contribution in [2.24, 2.45) is 5.73 Å². The van der Waals surface area contributed by atoms with E-state index in [0.29, 0.717) is 17.1 Å². The van der Waals surface area contributed by atoms with Crippen molar-refractivity contribution in [2.75, 3.05) is 23.7 Å². The number of anilines is 1. The second-order valence-corrected chi connectivity index (χ2v) is 9.68. The lowest BCUT2D eigenvalue weighted by Gasteiger charge is -2.34. The van der Waals surface area contributed by atoms with E-state index in [1.54, 1.807) is 24.4 Å². The molecule has 146 valence electrons. The highest BCUT2D eigenvalue weighted by Crippen LogP contribution is 2.23. The summed E-state index contributed by atoms with van der Waals surface area (Å²) in [6, 6.07) is 7.14. The first kappa shape index (κ1) is 19.8. The number of aromatic nitrogens is 1. The maximum absolute atomic E-state index is 12.3. The van der Waals surface area contributed by atoms with Crippen molar-refractivity contribution in [3.05, 3.63) is 40.3 Å². The Morgan fingerprint density at radius 2 is 1.96 bits per heavy atom. The average molecular weight is 409 g/mol. The number of hydrogen-bond acceptors (Lipinski definition) is 7. The van der Waals surface area contributed by atoms with Crippen LogP contribution in [0, 0.1) is 0 Å². The van der Waals surface area contributed by atoms with Gasteiger partial charge in [0.25, 0.3) is 5.91 Å². The van der Waals surface area contributed by atoms with E-state index in [0.717, 1.165) is 36.6 Å². The minimum atomic E-state index is -3.17. The highest BCUT2D eigenvalue weighted by Gasteiger charge is 2.22. The van der Waals surface area contributed by atoms with Gasteiger partial charge in [-0.05, 0) is 37.1 Å². The Bertz CT molecular complexity index is 886. The van der Waals surface area contributed by atoms with E-state index >= 15 is 0 Å². The van der Waals surface area contributed by atoms with Crippen LogP contribution in [-0.4, -0.2) is 44.2 Å². The molecule has 3 rings (SSSR count). The molecule has 2 aromatic rings. The molecule has 1 saturated heterocycles. The van der Waals surface area contributed by atoms with Gasteiger partial charge in [0.2, 0.25) is 0 Å². The molecule has 7 nitrogen and oxygen atoms in total. The zero-order valence-electron chi connectivity index (χ0n) is 15.2. The summed E-state index contributed by atoms with van der Waals surface area (Å²) in [5, 5.41) is 5.53.